The van der Waals surface area contributed by atoms with Crippen molar-refractivity contribution in [2.75, 3.05) is 7.11 Å². The van der Waals surface area contributed by atoms with E-state index >= 15 is 0 Å². The van der Waals surface area contributed by atoms with E-state index in [0.717, 1.165) is 55.3 Å². The number of phenolic OH excluding ortho intramolecular Hbond substituents is 1. The Bertz CT molecular complexity index is 1730. The monoisotopic (exact) mass is 434 g/mol. The van der Waals surface area contributed by atoms with Gasteiger partial charge in [-0.05, 0) is 84.5 Å². The van der Waals surface area contributed by atoms with Gasteiger partial charge in [-0.2, -0.15) is 0 Å². The Morgan fingerprint density at radius 2 is 1.21 bits per heavy atom. The fourth-order valence-corrected chi connectivity index (χ4v) is 4.22. The van der Waals surface area contributed by atoms with Gasteiger partial charge in [-0.25, -0.2) is 0 Å². The minimum absolute atomic E-state index is 0.117. The first-order chi connectivity index (χ1) is 16.1. The minimum atomic E-state index is 0.117. The number of benzene rings is 1. The van der Waals surface area contributed by atoms with Crippen molar-refractivity contribution in [1.82, 2.24) is 19.9 Å². The lowest BCUT2D eigenvalue weighted by Crippen LogP contribution is -2.10. The molecular formula is C27H22N4O2. The van der Waals surface area contributed by atoms with Crippen molar-refractivity contribution in [2.24, 2.45) is 0 Å². The molecule has 0 aliphatic carbocycles. The highest BCUT2D eigenvalue weighted by atomic mass is 16.5. The molecule has 1 aromatic carbocycles. The number of hydrogen-bond donors (Lipinski definition) is 5. The maximum atomic E-state index is 10.0. The number of nitrogens with one attached hydrogen (secondary N) is 4. The molecular weight excluding hydrogens is 412 g/mol. The van der Waals surface area contributed by atoms with E-state index in [-0.39, 0.29) is 5.75 Å². The molecule has 0 radical (unpaired) electrons. The van der Waals surface area contributed by atoms with Crippen LogP contribution in [0.4, 0.5) is 0 Å². The molecule has 5 heterocycles. The van der Waals surface area contributed by atoms with Gasteiger partial charge in [0.25, 0.3) is 0 Å². The fourth-order valence-electron chi connectivity index (χ4n) is 4.22. The van der Waals surface area contributed by atoms with Crippen LogP contribution in [0.3, 0.4) is 0 Å². The normalized spacial score (nSPS) is 12.3. The van der Waals surface area contributed by atoms with Gasteiger partial charge in [-0.15, -0.1) is 0 Å². The fraction of sp³-hybridized carbons (Fsp3) is 0.0370. The van der Waals surface area contributed by atoms with E-state index in [1.807, 2.05) is 12.1 Å². The third kappa shape index (κ3) is 3.68. The highest BCUT2D eigenvalue weighted by Gasteiger charge is 2.11. The van der Waals surface area contributed by atoms with Crippen LogP contribution in [0.5, 0.6) is 11.5 Å². The van der Waals surface area contributed by atoms with Gasteiger partial charge >= 0.3 is 0 Å². The number of rotatable bonds is 2. The van der Waals surface area contributed by atoms with E-state index in [1.54, 1.807) is 13.2 Å². The summed E-state index contributed by atoms with van der Waals surface area (Å²) < 4.78 is 5.33. The third-order valence-electron chi connectivity index (χ3n) is 5.79. The van der Waals surface area contributed by atoms with Crippen molar-refractivity contribution in [1.29, 1.82) is 0 Å². The van der Waals surface area contributed by atoms with Crippen molar-refractivity contribution < 1.29 is 9.84 Å². The minimum Gasteiger partial charge on any atom is -0.504 e. The molecule has 0 saturated carbocycles. The first kappa shape index (κ1) is 19.1. The summed E-state index contributed by atoms with van der Waals surface area (Å²) in [6.07, 6.45) is 8.34. The first-order valence-corrected chi connectivity index (χ1v) is 10.7. The molecule has 162 valence electrons. The molecule has 6 rings (SSSR count). The predicted octanol–water partition coefficient (Wildman–Crippen LogP) is 2.01. The van der Waals surface area contributed by atoms with Crippen LogP contribution in [-0.4, -0.2) is 32.2 Å². The number of aromatic nitrogens is 4. The molecule has 0 unspecified atom stereocenters. The molecule has 6 nitrogen and oxygen atoms in total. The Morgan fingerprint density at radius 1 is 0.606 bits per heavy atom. The molecule has 5 N–H and O–H groups in total. The summed E-state index contributed by atoms with van der Waals surface area (Å²) in [4.78, 5) is 13.9. The zero-order valence-electron chi connectivity index (χ0n) is 17.9. The Morgan fingerprint density at radius 3 is 1.85 bits per heavy atom. The van der Waals surface area contributed by atoms with Gasteiger partial charge in [0, 0.05) is 49.7 Å². The molecule has 4 aromatic heterocycles. The summed E-state index contributed by atoms with van der Waals surface area (Å²) in [6.45, 7) is 0. The lowest BCUT2D eigenvalue weighted by Gasteiger charge is -2.06. The van der Waals surface area contributed by atoms with E-state index < -0.39 is 0 Å². The van der Waals surface area contributed by atoms with Gasteiger partial charge in [0.05, 0.1) is 7.11 Å². The number of hydrogen-bond acceptors (Lipinski definition) is 2. The molecule has 0 saturated heterocycles. The smallest absolute Gasteiger partial charge is 0.161 e. The van der Waals surface area contributed by atoms with E-state index in [9.17, 15) is 5.11 Å². The van der Waals surface area contributed by atoms with Crippen molar-refractivity contribution >= 4 is 24.3 Å². The van der Waals surface area contributed by atoms with Crippen LogP contribution in [-0.2, 0) is 0 Å². The highest BCUT2D eigenvalue weighted by Crippen LogP contribution is 2.33. The largest absolute Gasteiger partial charge is 0.504 e. The van der Waals surface area contributed by atoms with E-state index in [1.165, 1.54) is 0 Å². The number of phenols is 1. The van der Waals surface area contributed by atoms with Gasteiger partial charge in [0.15, 0.2) is 11.5 Å². The van der Waals surface area contributed by atoms with Gasteiger partial charge in [0.1, 0.15) is 0 Å². The second kappa shape index (κ2) is 7.53. The Kier molecular flexibility index (Phi) is 4.36. The van der Waals surface area contributed by atoms with Crippen LogP contribution in [0.15, 0.2) is 60.7 Å². The summed E-state index contributed by atoms with van der Waals surface area (Å²) in [7, 11) is 1.55. The van der Waals surface area contributed by atoms with Gasteiger partial charge in [0.2, 0.25) is 0 Å². The number of fused-ring (bicyclic) bond motifs is 8. The molecule has 0 amide bonds. The molecule has 0 atom stereocenters. The molecule has 1 aliphatic rings. The highest BCUT2D eigenvalue weighted by molar-refractivity contribution is 5.77. The SMILES string of the molecule is COc1cc(-c2cc3[nH]c2C=c2ccc([nH]2)=Cc2ccc([nH]2)C=c2ccc([nH]2)=C3)ccc1O. The third-order valence-corrected chi connectivity index (χ3v) is 5.79. The Labute approximate surface area is 188 Å². The second-order valence-corrected chi connectivity index (χ2v) is 8.12. The van der Waals surface area contributed by atoms with E-state index in [0.29, 0.717) is 5.75 Å². The predicted molar refractivity (Wildman–Crippen MR) is 130 cm³/mol. The Hall–Kier alpha value is -4.58. The summed E-state index contributed by atoms with van der Waals surface area (Å²) >= 11 is 0. The van der Waals surface area contributed by atoms with Crippen molar-refractivity contribution in [2.45, 2.75) is 0 Å². The molecule has 0 spiro atoms. The van der Waals surface area contributed by atoms with Gasteiger partial charge in [-0.3, -0.25) is 0 Å². The number of aromatic hydroxyl groups is 1. The maximum Gasteiger partial charge on any atom is 0.161 e. The first-order valence-electron chi connectivity index (χ1n) is 10.7. The molecule has 33 heavy (non-hydrogen) atoms. The number of H-pyrrole nitrogens is 4. The van der Waals surface area contributed by atoms with Crippen molar-refractivity contribution in [3.63, 3.8) is 0 Å². The van der Waals surface area contributed by atoms with Crippen LogP contribution in [0, 0.1) is 0 Å². The average molecular weight is 434 g/mol. The lowest BCUT2D eigenvalue weighted by molar-refractivity contribution is 0.373. The Balaban J connectivity index is 1.61. The maximum absolute atomic E-state index is 10.0. The molecule has 6 heteroatoms. The summed E-state index contributed by atoms with van der Waals surface area (Å²) in [5.41, 5.74) is 5.93. The van der Waals surface area contributed by atoms with E-state index in [2.05, 4.69) is 86.7 Å². The van der Waals surface area contributed by atoms with Gasteiger partial charge < -0.3 is 29.8 Å². The van der Waals surface area contributed by atoms with Crippen molar-refractivity contribution in [3.8, 4) is 22.6 Å². The summed E-state index contributed by atoms with van der Waals surface area (Å²) in [6, 6.07) is 19.9. The van der Waals surface area contributed by atoms with Crippen LogP contribution < -0.4 is 26.1 Å². The second-order valence-electron chi connectivity index (χ2n) is 8.12. The zero-order valence-corrected chi connectivity index (χ0v) is 17.9. The van der Waals surface area contributed by atoms with Crippen LogP contribution >= 0.6 is 0 Å². The van der Waals surface area contributed by atoms with E-state index in [4.69, 9.17) is 4.74 Å². The molecule has 0 fully saturated rings. The van der Waals surface area contributed by atoms with Crippen LogP contribution in [0.25, 0.3) is 35.4 Å². The van der Waals surface area contributed by atoms with Crippen LogP contribution in [0.2, 0.25) is 0 Å². The van der Waals surface area contributed by atoms with Gasteiger partial charge in [-0.1, -0.05) is 6.07 Å². The topological polar surface area (TPSA) is 92.6 Å². The molecule has 1 aliphatic heterocycles. The van der Waals surface area contributed by atoms with Crippen molar-refractivity contribution in [3.05, 3.63) is 105 Å². The number of ether oxygens (including phenoxy) is 1. The van der Waals surface area contributed by atoms with Crippen LogP contribution in [0.1, 0.15) is 22.8 Å². The quantitative estimate of drug-likeness (QED) is 0.289. The summed E-state index contributed by atoms with van der Waals surface area (Å²) in [5, 5.41) is 14.0. The molecule has 5 aromatic rings. The molecule has 8 bridgehead atoms. The summed E-state index contributed by atoms with van der Waals surface area (Å²) in [5.74, 6) is 0.557. The number of aromatic amines is 4. The lowest BCUT2D eigenvalue weighted by atomic mass is 10.0. The standard InChI is InChI=1S/C27H22N4O2/c1-33-27-10-16(2-9-26(27)32)24-14-23-13-21-6-5-19(29-21)11-17-3-4-18(28-17)12-20-7-8-22(30-20)15-25(24)31-23/h2-15,28-32H,1H3. The number of methoxy groups -OCH3 is 1. The zero-order chi connectivity index (χ0) is 22.4. The average Bonchev–Trinajstić information content (AvgIpc) is 3.59.